The zero-order valence-electron chi connectivity index (χ0n) is 14.0. The van der Waals surface area contributed by atoms with Gasteiger partial charge in [-0.25, -0.2) is 0 Å². The van der Waals surface area contributed by atoms with Gasteiger partial charge in [0.1, 0.15) is 0 Å². The summed E-state index contributed by atoms with van der Waals surface area (Å²) < 4.78 is 0. The maximum absolute atomic E-state index is 3.66. The fourth-order valence-electron chi connectivity index (χ4n) is 3.19. The largest absolute Gasteiger partial charge is 0.313 e. The lowest BCUT2D eigenvalue weighted by molar-refractivity contribution is 0.0749. The monoisotopic (exact) mass is 289 g/mol. The van der Waals surface area contributed by atoms with Crippen molar-refractivity contribution < 1.29 is 0 Å². The molecule has 1 aromatic carbocycles. The summed E-state index contributed by atoms with van der Waals surface area (Å²) >= 11 is 0. The van der Waals surface area contributed by atoms with Gasteiger partial charge in [0.25, 0.3) is 0 Å². The fraction of sp³-hybridized carbons (Fsp3) is 0.667. The third kappa shape index (κ3) is 4.53. The first-order valence-corrected chi connectivity index (χ1v) is 8.32. The van der Waals surface area contributed by atoms with Crippen LogP contribution in [0.5, 0.6) is 0 Å². The van der Waals surface area contributed by atoms with E-state index >= 15 is 0 Å². The highest BCUT2D eigenvalue weighted by molar-refractivity contribution is 5.20. The molecular weight excluding hydrogens is 258 g/mol. The van der Waals surface area contributed by atoms with Crippen LogP contribution < -0.4 is 5.32 Å². The first-order chi connectivity index (χ1) is 10.1. The summed E-state index contributed by atoms with van der Waals surface area (Å²) in [5.74, 6) is 0.668. The van der Waals surface area contributed by atoms with Gasteiger partial charge in [0.15, 0.2) is 0 Å². The summed E-state index contributed by atoms with van der Waals surface area (Å²) in [6.45, 7) is 12.5. The minimum Gasteiger partial charge on any atom is -0.313 e. The Labute approximate surface area is 130 Å². The third-order valence-corrected chi connectivity index (χ3v) is 4.58. The molecule has 1 N–H and O–H groups in total. The van der Waals surface area contributed by atoms with Crippen molar-refractivity contribution in [1.82, 2.24) is 15.1 Å². The molecule has 1 heterocycles. The van der Waals surface area contributed by atoms with E-state index in [0.29, 0.717) is 18.0 Å². The number of hydrogen-bond acceptors (Lipinski definition) is 3. The fourth-order valence-corrected chi connectivity index (χ4v) is 3.19. The maximum atomic E-state index is 3.66. The highest BCUT2D eigenvalue weighted by atomic mass is 15.3. The van der Waals surface area contributed by atoms with Gasteiger partial charge in [0, 0.05) is 38.3 Å². The van der Waals surface area contributed by atoms with Crippen LogP contribution >= 0.6 is 0 Å². The number of likely N-dealkylation sites (N-methyl/N-ethyl adjacent to an activating group) is 2. The molecule has 1 saturated heterocycles. The molecule has 1 fully saturated rings. The van der Waals surface area contributed by atoms with Crippen molar-refractivity contribution in [3.05, 3.63) is 35.9 Å². The van der Waals surface area contributed by atoms with Gasteiger partial charge >= 0.3 is 0 Å². The van der Waals surface area contributed by atoms with E-state index in [2.05, 4.69) is 73.3 Å². The average Bonchev–Trinajstić information content (AvgIpc) is 2.49. The summed E-state index contributed by atoms with van der Waals surface area (Å²) in [6, 6.07) is 12.1. The van der Waals surface area contributed by atoms with E-state index in [1.165, 1.54) is 12.1 Å². The Balaban J connectivity index is 2.11. The predicted octanol–water partition coefficient (Wildman–Crippen LogP) is 2.61. The van der Waals surface area contributed by atoms with Gasteiger partial charge in [0.05, 0.1) is 0 Å². The first-order valence-electron chi connectivity index (χ1n) is 8.32. The Kier molecular flexibility index (Phi) is 6.22. The Bertz CT molecular complexity index is 404. The van der Waals surface area contributed by atoms with E-state index in [9.17, 15) is 0 Å². The van der Waals surface area contributed by atoms with Crippen molar-refractivity contribution in [2.45, 2.75) is 32.9 Å². The molecule has 0 bridgehead atoms. The number of benzene rings is 1. The Hall–Kier alpha value is -0.900. The van der Waals surface area contributed by atoms with Crippen LogP contribution in [0.15, 0.2) is 30.3 Å². The SMILES string of the molecule is CCNC(CN1CCN(C)CC1c1ccccc1)C(C)C. The predicted molar refractivity (Wildman–Crippen MR) is 90.6 cm³/mol. The van der Waals surface area contributed by atoms with E-state index in [-0.39, 0.29) is 0 Å². The lowest BCUT2D eigenvalue weighted by atomic mass is 9.98. The lowest BCUT2D eigenvalue weighted by Crippen LogP contribution is -2.52. The van der Waals surface area contributed by atoms with E-state index in [1.54, 1.807) is 0 Å². The van der Waals surface area contributed by atoms with Gasteiger partial charge in [-0.2, -0.15) is 0 Å². The van der Waals surface area contributed by atoms with Crippen LogP contribution in [0, 0.1) is 5.92 Å². The number of nitrogens with zero attached hydrogens (tertiary/aromatic N) is 2. The minimum atomic E-state index is 0.518. The quantitative estimate of drug-likeness (QED) is 0.868. The van der Waals surface area contributed by atoms with Crippen LogP contribution in [0.3, 0.4) is 0 Å². The molecule has 1 aromatic rings. The Morgan fingerprint density at radius 3 is 2.52 bits per heavy atom. The molecule has 21 heavy (non-hydrogen) atoms. The summed E-state index contributed by atoms with van der Waals surface area (Å²) in [4.78, 5) is 5.12. The molecule has 1 aliphatic rings. The molecule has 0 saturated carbocycles. The summed E-state index contributed by atoms with van der Waals surface area (Å²) in [5, 5.41) is 3.66. The number of piperazine rings is 1. The molecule has 3 nitrogen and oxygen atoms in total. The van der Waals surface area contributed by atoms with Gasteiger partial charge in [-0.1, -0.05) is 51.1 Å². The van der Waals surface area contributed by atoms with Crippen LogP contribution in [0.1, 0.15) is 32.4 Å². The van der Waals surface area contributed by atoms with Crippen molar-refractivity contribution >= 4 is 0 Å². The van der Waals surface area contributed by atoms with E-state index in [0.717, 1.165) is 26.2 Å². The molecule has 2 unspecified atom stereocenters. The Morgan fingerprint density at radius 2 is 1.90 bits per heavy atom. The van der Waals surface area contributed by atoms with Crippen molar-refractivity contribution in [1.29, 1.82) is 0 Å². The molecule has 0 aromatic heterocycles. The van der Waals surface area contributed by atoms with Crippen LogP contribution in [-0.4, -0.2) is 55.6 Å². The highest BCUT2D eigenvalue weighted by Gasteiger charge is 2.28. The zero-order valence-corrected chi connectivity index (χ0v) is 14.0. The number of nitrogens with one attached hydrogen (secondary N) is 1. The first kappa shape index (κ1) is 16.5. The molecule has 2 atom stereocenters. The zero-order chi connectivity index (χ0) is 15.2. The second-order valence-corrected chi connectivity index (χ2v) is 6.59. The van der Waals surface area contributed by atoms with Crippen LogP contribution in [0.2, 0.25) is 0 Å². The van der Waals surface area contributed by atoms with Gasteiger partial charge in [-0.05, 0) is 25.1 Å². The van der Waals surface area contributed by atoms with Crippen LogP contribution in [-0.2, 0) is 0 Å². The summed E-state index contributed by atoms with van der Waals surface area (Å²) in [7, 11) is 2.23. The molecule has 2 rings (SSSR count). The molecule has 118 valence electrons. The van der Waals surface area contributed by atoms with Crippen molar-refractivity contribution in [3.63, 3.8) is 0 Å². The summed E-state index contributed by atoms with van der Waals surface area (Å²) in [6.07, 6.45) is 0. The van der Waals surface area contributed by atoms with E-state index in [4.69, 9.17) is 0 Å². The minimum absolute atomic E-state index is 0.518. The van der Waals surface area contributed by atoms with E-state index < -0.39 is 0 Å². The third-order valence-electron chi connectivity index (χ3n) is 4.58. The van der Waals surface area contributed by atoms with Gasteiger partial charge < -0.3 is 10.2 Å². The lowest BCUT2D eigenvalue weighted by Gasteiger charge is -2.42. The van der Waals surface area contributed by atoms with Gasteiger partial charge in [-0.15, -0.1) is 0 Å². The molecule has 0 aliphatic carbocycles. The molecule has 0 spiro atoms. The topological polar surface area (TPSA) is 18.5 Å². The average molecular weight is 289 g/mol. The summed E-state index contributed by atoms with van der Waals surface area (Å²) in [5.41, 5.74) is 1.45. The molecular formula is C18H31N3. The second kappa shape index (κ2) is 7.92. The normalized spacial score (nSPS) is 22.6. The van der Waals surface area contributed by atoms with Crippen LogP contribution in [0.25, 0.3) is 0 Å². The smallest absolute Gasteiger partial charge is 0.0476 e. The van der Waals surface area contributed by atoms with Crippen molar-refractivity contribution in [2.24, 2.45) is 5.92 Å². The second-order valence-electron chi connectivity index (χ2n) is 6.59. The van der Waals surface area contributed by atoms with Crippen molar-refractivity contribution in [3.8, 4) is 0 Å². The van der Waals surface area contributed by atoms with E-state index in [1.807, 2.05) is 0 Å². The number of rotatable bonds is 6. The van der Waals surface area contributed by atoms with Crippen molar-refractivity contribution in [2.75, 3.05) is 39.8 Å². The highest BCUT2D eigenvalue weighted by Crippen LogP contribution is 2.25. The Morgan fingerprint density at radius 1 is 1.19 bits per heavy atom. The van der Waals surface area contributed by atoms with Gasteiger partial charge in [-0.3, -0.25) is 4.90 Å². The number of hydrogen-bond donors (Lipinski definition) is 1. The molecule has 0 radical (unpaired) electrons. The van der Waals surface area contributed by atoms with Crippen LogP contribution in [0.4, 0.5) is 0 Å². The standard InChI is InChI=1S/C18H31N3/c1-5-19-17(15(2)3)13-21-12-11-20(4)14-18(21)16-9-7-6-8-10-16/h6-10,15,17-19H,5,11-14H2,1-4H3. The van der Waals surface area contributed by atoms with Gasteiger partial charge in [0.2, 0.25) is 0 Å². The molecule has 3 heteroatoms. The molecule has 1 aliphatic heterocycles. The molecule has 0 amide bonds. The maximum Gasteiger partial charge on any atom is 0.0476 e.